The minimum atomic E-state index is -0.493. The van der Waals surface area contributed by atoms with Gasteiger partial charge in [-0.1, -0.05) is 31.2 Å². The van der Waals surface area contributed by atoms with Crippen LogP contribution in [0, 0.1) is 0 Å². The summed E-state index contributed by atoms with van der Waals surface area (Å²) in [7, 11) is 0. The van der Waals surface area contributed by atoms with E-state index in [1.54, 1.807) is 12.1 Å². The van der Waals surface area contributed by atoms with Crippen molar-refractivity contribution in [2.24, 2.45) is 0 Å². The number of nitrogens with one attached hydrogen (secondary N) is 1. The van der Waals surface area contributed by atoms with Crippen LogP contribution in [0.3, 0.4) is 0 Å². The molecule has 23 heavy (non-hydrogen) atoms. The van der Waals surface area contributed by atoms with Gasteiger partial charge in [0.2, 0.25) is 0 Å². The molecule has 2 aromatic carbocycles. The molecule has 0 unspecified atom stereocenters. The van der Waals surface area contributed by atoms with Crippen LogP contribution in [-0.4, -0.2) is 24.7 Å². The van der Waals surface area contributed by atoms with Crippen LogP contribution in [0.4, 0.5) is 5.69 Å². The maximum absolute atomic E-state index is 12.1. The Morgan fingerprint density at radius 2 is 1.91 bits per heavy atom. The van der Waals surface area contributed by atoms with Crippen molar-refractivity contribution in [3.63, 3.8) is 0 Å². The smallest absolute Gasteiger partial charge is 0.339 e. The molecule has 120 valence electrons. The van der Waals surface area contributed by atoms with Crippen molar-refractivity contribution in [3.05, 3.63) is 59.7 Å². The van der Waals surface area contributed by atoms with Gasteiger partial charge in [0.25, 0.3) is 5.91 Å². The summed E-state index contributed by atoms with van der Waals surface area (Å²) >= 11 is 1.46. The zero-order valence-electron chi connectivity index (χ0n) is 13.2. The minimum absolute atomic E-state index is 0.308. The number of aryl methyl sites for hydroxylation is 1. The molecule has 0 saturated carbocycles. The van der Waals surface area contributed by atoms with Crippen molar-refractivity contribution < 1.29 is 14.3 Å². The third-order valence-corrected chi connectivity index (χ3v) is 4.08. The number of benzene rings is 2. The van der Waals surface area contributed by atoms with Gasteiger partial charge in [-0.25, -0.2) is 4.79 Å². The molecule has 2 rings (SSSR count). The fourth-order valence-corrected chi connectivity index (χ4v) is 2.67. The van der Waals surface area contributed by atoms with Crippen molar-refractivity contribution in [3.8, 4) is 0 Å². The summed E-state index contributed by atoms with van der Waals surface area (Å²) in [5, 5.41) is 2.73. The predicted molar refractivity (Wildman–Crippen MR) is 93.0 cm³/mol. The maximum Gasteiger partial charge on any atom is 0.339 e. The van der Waals surface area contributed by atoms with Crippen LogP contribution in [-0.2, 0) is 16.0 Å². The highest BCUT2D eigenvalue weighted by molar-refractivity contribution is 7.98. The molecule has 0 radical (unpaired) electrons. The second-order valence-electron chi connectivity index (χ2n) is 4.88. The number of ether oxygens (including phenoxy) is 1. The Kier molecular flexibility index (Phi) is 6.23. The fraction of sp³-hybridized carbons (Fsp3) is 0.222. The SMILES string of the molecule is CCc1cccc(NC(=O)COC(=O)c2ccccc2SC)c1. The molecule has 2 aromatic rings. The zero-order valence-corrected chi connectivity index (χ0v) is 14.0. The van der Waals surface area contributed by atoms with Gasteiger partial charge >= 0.3 is 5.97 Å². The lowest BCUT2D eigenvalue weighted by Gasteiger charge is -2.09. The van der Waals surface area contributed by atoms with Gasteiger partial charge in [-0.05, 0) is 42.5 Å². The monoisotopic (exact) mass is 329 g/mol. The summed E-state index contributed by atoms with van der Waals surface area (Å²) in [6, 6.07) is 14.8. The lowest BCUT2D eigenvalue weighted by molar-refractivity contribution is -0.119. The zero-order chi connectivity index (χ0) is 16.7. The van der Waals surface area contributed by atoms with Crippen LogP contribution in [0.25, 0.3) is 0 Å². The van der Waals surface area contributed by atoms with E-state index >= 15 is 0 Å². The maximum atomic E-state index is 12.1. The Bertz CT molecular complexity index is 700. The molecule has 4 nitrogen and oxygen atoms in total. The molecular formula is C18H19NO3S. The van der Waals surface area contributed by atoms with E-state index in [1.807, 2.05) is 49.6 Å². The van der Waals surface area contributed by atoms with Crippen LogP contribution in [0.1, 0.15) is 22.8 Å². The molecule has 0 saturated heterocycles. The number of carbonyl (C=O) groups excluding carboxylic acids is 2. The molecule has 0 bridgehead atoms. The second-order valence-corrected chi connectivity index (χ2v) is 5.73. The number of amides is 1. The third-order valence-electron chi connectivity index (χ3n) is 3.28. The molecule has 5 heteroatoms. The van der Waals surface area contributed by atoms with Crippen LogP contribution in [0.2, 0.25) is 0 Å². The van der Waals surface area contributed by atoms with E-state index in [9.17, 15) is 9.59 Å². The molecule has 1 N–H and O–H groups in total. The molecule has 0 aliphatic heterocycles. The van der Waals surface area contributed by atoms with Gasteiger partial charge in [0.1, 0.15) is 0 Å². The van der Waals surface area contributed by atoms with Gasteiger partial charge in [0, 0.05) is 10.6 Å². The van der Waals surface area contributed by atoms with E-state index < -0.39 is 5.97 Å². The highest BCUT2D eigenvalue weighted by Gasteiger charge is 2.13. The number of hydrogen-bond acceptors (Lipinski definition) is 4. The van der Waals surface area contributed by atoms with Crippen molar-refractivity contribution in [1.82, 2.24) is 0 Å². The van der Waals surface area contributed by atoms with E-state index in [0.717, 1.165) is 16.9 Å². The molecular weight excluding hydrogens is 310 g/mol. The van der Waals surface area contributed by atoms with Crippen molar-refractivity contribution in [2.75, 3.05) is 18.2 Å². The molecule has 0 aliphatic carbocycles. The van der Waals surface area contributed by atoms with Crippen LogP contribution in [0.15, 0.2) is 53.4 Å². The minimum Gasteiger partial charge on any atom is -0.452 e. The van der Waals surface area contributed by atoms with E-state index in [-0.39, 0.29) is 12.5 Å². The Labute approximate surface area is 140 Å². The standard InChI is InChI=1S/C18H19NO3S/c1-3-13-7-6-8-14(11-13)19-17(20)12-22-18(21)15-9-4-5-10-16(15)23-2/h4-11H,3,12H2,1-2H3,(H,19,20). The van der Waals surface area contributed by atoms with Gasteiger partial charge in [0.05, 0.1) is 5.56 Å². The van der Waals surface area contributed by atoms with E-state index in [2.05, 4.69) is 5.32 Å². The molecule has 1 amide bonds. The van der Waals surface area contributed by atoms with Gasteiger partial charge in [-0.15, -0.1) is 11.8 Å². The quantitative estimate of drug-likeness (QED) is 0.647. The first-order valence-corrected chi connectivity index (χ1v) is 8.55. The first kappa shape index (κ1) is 17.1. The van der Waals surface area contributed by atoms with E-state index in [4.69, 9.17) is 4.74 Å². The number of rotatable bonds is 6. The average molecular weight is 329 g/mol. The molecule has 0 atom stereocenters. The number of carbonyl (C=O) groups is 2. The molecule has 0 spiro atoms. The highest BCUT2D eigenvalue weighted by atomic mass is 32.2. The lowest BCUT2D eigenvalue weighted by atomic mass is 10.1. The average Bonchev–Trinajstić information content (AvgIpc) is 2.59. The van der Waals surface area contributed by atoms with Crippen molar-refractivity contribution >= 4 is 29.3 Å². The number of anilines is 1. The highest BCUT2D eigenvalue weighted by Crippen LogP contribution is 2.20. The normalized spacial score (nSPS) is 10.2. The predicted octanol–water partition coefficient (Wildman–Crippen LogP) is 3.77. The summed E-state index contributed by atoms with van der Waals surface area (Å²) in [6.45, 7) is 1.74. The fourth-order valence-electron chi connectivity index (χ4n) is 2.09. The Balaban J connectivity index is 1.92. The first-order chi connectivity index (χ1) is 11.1. The summed E-state index contributed by atoms with van der Waals surface area (Å²) in [5.74, 6) is -0.847. The van der Waals surface area contributed by atoms with E-state index in [1.165, 1.54) is 11.8 Å². The Morgan fingerprint density at radius 1 is 1.13 bits per heavy atom. The summed E-state index contributed by atoms with van der Waals surface area (Å²) in [6.07, 6.45) is 2.78. The number of thioether (sulfide) groups is 1. The van der Waals surface area contributed by atoms with Crippen molar-refractivity contribution in [2.45, 2.75) is 18.2 Å². The van der Waals surface area contributed by atoms with E-state index in [0.29, 0.717) is 11.3 Å². The van der Waals surface area contributed by atoms with Gasteiger partial charge in [-0.3, -0.25) is 4.79 Å². The van der Waals surface area contributed by atoms with Gasteiger partial charge < -0.3 is 10.1 Å². The summed E-state index contributed by atoms with van der Waals surface area (Å²) < 4.78 is 5.10. The largest absolute Gasteiger partial charge is 0.452 e. The number of hydrogen-bond donors (Lipinski definition) is 1. The molecule has 0 heterocycles. The topological polar surface area (TPSA) is 55.4 Å². The van der Waals surface area contributed by atoms with Crippen LogP contribution < -0.4 is 5.32 Å². The van der Waals surface area contributed by atoms with Crippen LogP contribution in [0.5, 0.6) is 0 Å². The second kappa shape index (κ2) is 8.39. The summed E-state index contributed by atoms with van der Waals surface area (Å²) in [5.41, 5.74) is 2.31. The Morgan fingerprint density at radius 3 is 2.65 bits per heavy atom. The van der Waals surface area contributed by atoms with Crippen molar-refractivity contribution in [1.29, 1.82) is 0 Å². The third kappa shape index (κ3) is 4.86. The molecule has 0 aliphatic rings. The molecule has 0 fully saturated rings. The Hall–Kier alpha value is -2.27. The van der Waals surface area contributed by atoms with Gasteiger partial charge in [0.15, 0.2) is 6.61 Å². The number of esters is 1. The first-order valence-electron chi connectivity index (χ1n) is 7.33. The van der Waals surface area contributed by atoms with Crippen LogP contribution >= 0.6 is 11.8 Å². The van der Waals surface area contributed by atoms with Gasteiger partial charge in [-0.2, -0.15) is 0 Å². The molecule has 0 aromatic heterocycles. The lowest BCUT2D eigenvalue weighted by Crippen LogP contribution is -2.21. The summed E-state index contributed by atoms with van der Waals surface area (Å²) in [4.78, 5) is 24.8.